The number of hydrogen-bond donors (Lipinski definition) is 3. The van der Waals surface area contributed by atoms with Crippen molar-refractivity contribution in [3.63, 3.8) is 0 Å². The van der Waals surface area contributed by atoms with Crippen LogP contribution in [0.4, 0.5) is 0 Å². The first-order chi connectivity index (χ1) is 13.5. The summed E-state index contributed by atoms with van der Waals surface area (Å²) >= 11 is 0. The number of carbonyl (C=O) groups is 1. The average molecular weight is 393 g/mol. The van der Waals surface area contributed by atoms with E-state index < -0.39 is 0 Å². The van der Waals surface area contributed by atoms with E-state index in [9.17, 15) is 4.79 Å². The zero-order chi connectivity index (χ0) is 20.8. The van der Waals surface area contributed by atoms with Gasteiger partial charge in [-0.1, -0.05) is 19.9 Å². The van der Waals surface area contributed by atoms with Gasteiger partial charge < -0.3 is 25.4 Å². The lowest BCUT2D eigenvalue weighted by molar-refractivity contribution is -0.123. The van der Waals surface area contributed by atoms with Crippen molar-refractivity contribution in [2.45, 2.75) is 41.0 Å². The predicted molar refractivity (Wildman–Crippen MR) is 114 cm³/mol. The molecule has 0 radical (unpaired) electrons. The molecular weight excluding hydrogens is 356 g/mol. The van der Waals surface area contributed by atoms with Crippen LogP contribution in [0.1, 0.15) is 40.2 Å². The minimum atomic E-state index is -0.00222. The number of nitrogens with one attached hydrogen (secondary N) is 3. The number of guanidine groups is 1. The average Bonchev–Trinajstić information content (AvgIpc) is 2.67. The molecule has 0 saturated carbocycles. The summed E-state index contributed by atoms with van der Waals surface area (Å²) in [6.07, 6.45) is 0.799. The molecule has 3 N–H and O–H groups in total. The Morgan fingerprint density at radius 2 is 1.68 bits per heavy atom. The molecule has 28 heavy (non-hydrogen) atoms. The minimum absolute atomic E-state index is 0.00222. The van der Waals surface area contributed by atoms with E-state index >= 15 is 0 Å². The van der Waals surface area contributed by atoms with Crippen molar-refractivity contribution in [1.29, 1.82) is 0 Å². The molecule has 158 valence electrons. The second kappa shape index (κ2) is 13.7. The van der Waals surface area contributed by atoms with Gasteiger partial charge in [-0.15, -0.1) is 0 Å². The van der Waals surface area contributed by atoms with E-state index in [0.29, 0.717) is 32.8 Å². The summed E-state index contributed by atoms with van der Waals surface area (Å²) in [5.41, 5.74) is 1.15. The number of nitrogens with zero attached hydrogens (tertiary/aromatic N) is 1. The van der Waals surface area contributed by atoms with Gasteiger partial charge in [0.1, 0.15) is 0 Å². The first kappa shape index (κ1) is 23.6. The first-order valence-corrected chi connectivity index (χ1v) is 10.2. The van der Waals surface area contributed by atoms with Gasteiger partial charge in [-0.3, -0.25) is 9.79 Å². The molecule has 1 aromatic carbocycles. The van der Waals surface area contributed by atoms with E-state index in [1.165, 1.54) is 0 Å². The maximum absolute atomic E-state index is 11.6. The zero-order valence-electron chi connectivity index (χ0n) is 17.9. The minimum Gasteiger partial charge on any atom is -0.490 e. The summed E-state index contributed by atoms with van der Waals surface area (Å²) in [6.45, 7) is 13.5. The van der Waals surface area contributed by atoms with E-state index in [0.717, 1.165) is 36.0 Å². The van der Waals surface area contributed by atoms with Crippen molar-refractivity contribution >= 4 is 11.9 Å². The van der Waals surface area contributed by atoms with Crippen molar-refractivity contribution < 1.29 is 14.3 Å². The van der Waals surface area contributed by atoms with Crippen molar-refractivity contribution in [3.05, 3.63) is 23.8 Å². The molecule has 1 amide bonds. The Kier molecular flexibility index (Phi) is 11.5. The third-order valence-corrected chi connectivity index (χ3v) is 3.86. The van der Waals surface area contributed by atoms with Crippen molar-refractivity contribution in [3.8, 4) is 11.5 Å². The zero-order valence-corrected chi connectivity index (χ0v) is 17.9. The second-order valence-electron chi connectivity index (χ2n) is 6.53. The maximum atomic E-state index is 11.6. The first-order valence-electron chi connectivity index (χ1n) is 10.2. The van der Waals surface area contributed by atoms with Crippen LogP contribution in [0.3, 0.4) is 0 Å². The molecule has 0 aliphatic heterocycles. The van der Waals surface area contributed by atoms with Gasteiger partial charge in [0.2, 0.25) is 5.91 Å². The van der Waals surface area contributed by atoms with Crippen molar-refractivity contribution in [2.75, 3.05) is 39.4 Å². The molecule has 0 aliphatic carbocycles. The lowest BCUT2D eigenvalue weighted by Crippen LogP contribution is -2.42. The van der Waals surface area contributed by atoms with Crippen LogP contribution in [0, 0.1) is 5.92 Å². The number of amides is 1. The van der Waals surface area contributed by atoms with Gasteiger partial charge in [0.15, 0.2) is 17.5 Å². The van der Waals surface area contributed by atoms with Crippen molar-refractivity contribution in [2.24, 2.45) is 10.9 Å². The number of benzene rings is 1. The molecule has 0 fully saturated rings. The molecule has 0 spiro atoms. The molecule has 1 rings (SSSR count). The monoisotopic (exact) mass is 392 g/mol. The van der Waals surface area contributed by atoms with Crippen LogP contribution in [0.25, 0.3) is 0 Å². The van der Waals surface area contributed by atoms with E-state index in [1.54, 1.807) is 0 Å². The highest BCUT2D eigenvalue weighted by Crippen LogP contribution is 2.28. The van der Waals surface area contributed by atoms with Gasteiger partial charge in [0, 0.05) is 32.1 Å². The maximum Gasteiger partial charge on any atom is 0.222 e. The lowest BCUT2D eigenvalue weighted by atomic mass is 10.1. The van der Waals surface area contributed by atoms with Crippen LogP contribution in [-0.4, -0.2) is 51.3 Å². The lowest BCUT2D eigenvalue weighted by Gasteiger charge is -2.13. The summed E-state index contributed by atoms with van der Waals surface area (Å²) in [7, 11) is 0. The molecule has 0 atom stereocenters. The van der Waals surface area contributed by atoms with Gasteiger partial charge in [-0.2, -0.15) is 0 Å². The fourth-order valence-corrected chi connectivity index (χ4v) is 2.46. The number of aliphatic imine (C=N–C) groups is 1. The number of carbonyl (C=O) groups excluding carboxylic acids is 1. The summed E-state index contributed by atoms with van der Waals surface area (Å²) in [5, 5.41) is 9.34. The Morgan fingerprint density at radius 1 is 1.00 bits per heavy atom. The van der Waals surface area contributed by atoms with Crippen LogP contribution >= 0.6 is 0 Å². The molecule has 1 aromatic rings. The quantitative estimate of drug-likeness (QED) is 0.289. The topological polar surface area (TPSA) is 84.0 Å². The SMILES string of the molecule is CCNC(=NCCc1ccc(OCC)c(OCC)c1)NCCNC(=O)C(C)C. The van der Waals surface area contributed by atoms with Crippen LogP contribution in [0.15, 0.2) is 23.2 Å². The van der Waals surface area contributed by atoms with Crippen molar-refractivity contribution in [1.82, 2.24) is 16.0 Å². The number of hydrogen-bond acceptors (Lipinski definition) is 4. The fraction of sp³-hybridized carbons (Fsp3) is 0.619. The highest BCUT2D eigenvalue weighted by Gasteiger charge is 2.07. The molecule has 0 unspecified atom stereocenters. The van der Waals surface area contributed by atoms with Crippen LogP contribution < -0.4 is 25.4 Å². The highest BCUT2D eigenvalue weighted by atomic mass is 16.5. The highest BCUT2D eigenvalue weighted by molar-refractivity contribution is 5.80. The predicted octanol–water partition coefficient (Wildman–Crippen LogP) is 2.35. The standard InChI is InChI=1S/C21H36N4O3/c1-6-22-21(25-14-13-23-20(26)16(4)5)24-12-11-17-9-10-18(27-7-2)19(15-17)28-8-3/h9-10,15-16H,6-8,11-14H2,1-5H3,(H,23,26)(H2,22,24,25). The molecular formula is C21H36N4O3. The van der Waals surface area contributed by atoms with E-state index in [2.05, 4.69) is 20.9 Å². The molecule has 7 heteroatoms. The van der Waals surface area contributed by atoms with Crippen LogP contribution in [-0.2, 0) is 11.2 Å². The van der Waals surface area contributed by atoms with Gasteiger partial charge in [0.25, 0.3) is 0 Å². The number of rotatable bonds is 12. The number of ether oxygens (including phenoxy) is 2. The normalized spacial score (nSPS) is 11.3. The van der Waals surface area contributed by atoms with E-state index in [1.807, 2.05) is 52.8 Å². The third kappa shape index (κ3) is 8.97. The summed E-state index contributed by atoms with van der Waals surface area (Å²) < 4.78 is 11.3. The van der Waals surface area contributed by atoms with Gasteiger partial charge in [-0.05, 0) is 44.9 Å². The Hall–Kier alpha value is -2.44. The molecule has 7 nitrogen and oxygen atoms in total. The van der Waals surface area contributed by atoms with E-state index in [-0.39, 0.29) is 11.8 Å². The molecule has 0 heterocycles. The largest absolute Gasteiger partial charge is 0.490 e. The molecule has 0 aromatic heterocycles. The van der Waals surface area contributed by atoms with Gasteiger partial charge in [0.05, 0.1) is 13.2 Å². The molecule has 0 aliphatic rings. The van der Waals surface area contributed by atoms with E-state index in [4.69, 9.17) is 9.47 Å². The molecule has 0 saturated heterocycles. The Balaban J connectivity index is 2.56. The molecule has 0 bridgehead atoms. The third-order valence-electron chi connectivity index (χ3n) is 3.86. The van der Waals surface area contributed by atoms with Gasteiger partial charge in [-0.25, -0.2) is 0 Å². The Bertz CT molecular complexity index is 618. The van der Waals surface area contributed by atoms with Crippen LogP contribution in [0.5, 0.6) is 11.5 Å². The van der Waals surface area contributed by atoms with Crippen LogP contribution in [0.2, 0.25) is 0 Å². The summed E-state index contributed by atoms with van der Waals surface area (Å²) in [5.74, 6) is 2.35. The van der Waals surface area contributed by atoms with Gasteiger partial charge >= 0.3 is 0 Å². The fourth-order valence-electron chi connectivity index (χ4n) is 2.46. The Labute approximate surface area is 169 Å². The Morgan fingerprint density at radius 3 is 2.32 bits per heavy atom. The summed E-state index contributed by atoms with van der Waals surface area (Å²) in [6, 6.07) is 6.02. The smallest absolute Gasteiger partial charge is 0.222 e. The summed E-state index contributed by atoms with van der Waals surface area (Å²) in [4.78, 5) is 16.2. The second-order valence-corrected chi connectivity index (χ2v) is 6.53.